The van der Waals surface area contributed by atoms with Crippen molar-refractivity contribution in [3.63, 3.8) is 0 Å². The van der Waals surface area contributed by atoms with Crippen LogP contribution in [0.3, 0.4) is 0 Å². The number of nitrogens with two attached hydrogens (primary N) is 1. The third-order valence-corrected chi connectivity index (χ3v) is 3.12. The van der Waals surface area contributed by atoms with E-state index in [4.69, 9.17) is 5.73 Å². The van der Waals surface area contributed by atoms with Crippen molar-refractivity contribution >= 4 is 11.4 Å². The number of anilines is 1. The van der Waals surface area contributed by atoms with Gasteiger partial charge in [0.2, 0.25) is 0 Å². The van der Waals surface area contributed by atoms with E-state index in [1.54, 1.807) is 12.1 Å². The molecule has 0 saturated heterocycles. The quantitative estimate of drug-likeness (QED) is 0.291. The Morgan fingerprint density at radius 2 is 1.75 bits per heavy atom. The van der Waals surface area contributed by atoms with Gasteiger partial charge < -0.3 is 16.1 Å². The Labute approximate surface area is 117 Å². The molecule has 5 nitrogen and oxygen atoms in total. The number of benzene rings is 2. The molecule has 2 rings (SSSR count). The number of nitrogens with one attached hydrogen (secondary N) is 1. The van der Waals surface area contributed by atoms with Gasteiger partial charge in [-0.05, 0) is 23.3 Å². The number of nitrogen functional groups attached to an aromatic ring is 1. The van der Waals surface area contributed by atoms with Gasteiger partial charge in [-0.25, -0.2) is 0 Å². The zero-order valence-corrected chi connectivity index (χ0v) is 10.9. The van der Waals surface area contributed by atoms with E-state index in [1.165, 1.54) is 0 Å². The van der Waals surface area contributed by atoms with E-state index < -0.39 is 0 Å². The normalized spacial score (nSPS) is 13.2. The van der Waals surface area contributed by atoms with Gasteiger partial charge in [-0.15, -0.1) is 0 Å². The SMILES string of the molecule is Nc1ccc([C@@H](C/C(=N\O)c2ccccc2)NO)cc1. The fourth-order valence-corrected chi connectivity index (χ4v) is 2.01. The van der Waals surface area contributed by atoms with Gasteiger partial charge in [-0.2, -0.15) is 5.48 Å². The lowest BCUT2D eigenvalue weighted by atomic mass is 9.98. The molecular weight excluding hydrogens is 254 g/mol. The molecule has 5 N–H and O–H groups in total. The first kappa shape index (κ1) is 14.0. The van der Waals surface area contributed by atoms with Crippen molar-refractivity contribution in [3.05, 3.63) is 65.7 Å². The molecule has 104 valence electrons. The van der Waals surface area contributed by atoms with Crippen LogP contribution in [-0.4, -0.2) is 16.1 Å². The summed E-state index contributed by atoms with van der Waals surface area (Å²) >= 11 is 0. The van der Waals surface area contributed by atoms with Crippen molar-refractivity contribution in [1.82, 2.24) is 5.48 Å². The number of hydrogen-bond acceptors (Lipinski definition) is 5. The molecule has 5 heteroatoms. The Bertz CT molecular complexity index is 567. The van der Waals surface area contributed by atoms with Gasteiger partial charge in [-0.1, -0.05) is 47.6 Å². The third kappa shape index (κ3) is 3.34. The first-order valence-corrected chi connectivity index (χ1v) is 6.26. The van der Waals surface area contributed by atoms with Crippen molar-refractivity contribution in [2.45, 2.75) is 12.5 Å². The lowest BCUT2D eigenvalue weighted by Crippen LogP contribution is -2.21. The summed E-state index contributed by atoms with van der Waals surface area (Å²) in [4.78, 5) is 0. The molecule has 0 saturated carbocycles. The number of oxime groups is 1. The van der Waals surface area contributed by atoms with Gasteiger partial charge in [0.05, 0.1) is 11.8 Å². The van der Waals surface area contributed by atoms with Crippen LogP contribution in [0.2, 0.25) is 0 Å². The molecule has 2 aromatic rings. The van der Waals surface area contributed by atoms with E-state index in [9.17, 15) is 10.4 Å². The Kier molecular flexibility index (Phi) is 4.70. The van der Waals surface area contributed by atoms with E-state index in [-0.39, 0.29) is 6.04 Å². The molecule has 1 atom stereocenters. The first-order chi connectivity index (χ1) is 9.74. The van der Waals surface area contributed by atoms with E-state index in [2.05, 4.69) is 10.6 Å². The summed E-state index contributed by atoms with van der Waals surface area (Å²) < 4.78 is 0. The lowest BCUT2D eigenvalue weighted by molar-refractivity contribution is 0.128. The molecule has 0 fully saturated rings. The summed E-state index contributed by atoms with van der Waals surface area (Å²) in [5.41, 5.74) is 10.7. The van der Waals surface area contributed by atoms with Gasteiger partial charge in [0, 0.05) is 12.1 Å². The number of hydrogen-bond donors (Lipinski definition) is 4. The predicted octanol–water partition coefficient (Wildman–Crippen LogP) is 2.56. The topological polar surface area (TPSA) is 90.9 Å². The second-order valence-electron chi connectivity index (χ2n) is 4.47. The standard InChI is InChI=1S/C15H17N3O2/c16-13-8-6-12(7-9-13)15(18-20)10-14(17-19)11-4-2-1-3-5-11/h1-9,15,18-20H,10,16H2/b17-14+/t15-/m1/s1. The van der Waals surface area contributed by atoms with Crippen LogP contribution in [0.5, 0.6) is 0 Å². The first-order valence-electron chi connectivity index (χ1n) is 6.26. The van der Waals surface area contributed by atoms with Gasteiger partial charge in [-0.3, -0.25) is 0 Å². The van der Waals surface area contributed by atoms with E-state index >= 15 is 0 Å². The van der Waals surface area contributed by atoms with Gasteiger partial charge in [0.25, 0.3) is 0 Å². The van der Waals surface area contributed by atoms with E-state index in [1.807, 2.05) is 42.5 Å². The van der Waals surface area contributed by atoms with Crippen LogP contribution in [-0.2, 0) is 0 Å². The summed E-state index contributed by atoms with van der Waals surface area (Å²) in [6.07, 6.45) is 0.348. The molecule has 0 radical (unpaired) electrons. The molecule has 0 unspecified atom stereocenters. The highest BCUT2D eigenvalue weighted by molar-refractivity contribution is 6.00. The number of hydroxylamine groups is 1. The molecule has 2 aromatic carbocycles. The molecule has 0 aliphatic heterocycles. The fraction of sp³-hybridized carbons (Fsp3) is 0.133. The van der Waals surface area contributed by atoms with Crippen LogP contribution in [0, 0.1) is 0 Å². The minimum absolute atomic E-state index is 0.348. The maximum Gasteiger partial charge on any atom is 0.0887 e. The predicted molar refractivity (Wildman–Crippen MR) is 77.9 cm³/mol. The largest absolute Gasteiger partial charge is 0.411 e. The Hall–Kier alpha value is -2.37. The van der Waals surface area contributed by atoms with E-state index in [0.29, 0.717) is 17.8 Å². The number of nitrogens with zero attached hydrogens (tertiary/aromatic N) is 1. The summed E-state index contributed by atoms with van der Waals surface area (Å²) in [5.74, 6) is 0. The Balaban J connectivity index is 2.19. The van der Waals surface area contributed by atoms with Crippen molar-refractivity contribution < 1.29 is 10.4 Å². The fourth-order valence-electron chi connectivity index (χ4n) is 2.01. The van der Waals surface area contributed by atoms with Crippen LogP contribution >= 0.6 is 0 Å². The second-order valence-corrected chi connectivity index (χ2v) is 4.47. The summed E-state index contributed by atoms with van der Waals surface area (Å²) in [7, 11) is 0. The highest BCUT2D eigenvalue weighted by atomic mass is 16.5. The van der Waals surface area contributed by atoms with Crippen molar-refractivity contribution in [1.29, 1.82) is 0 Å². The molecule has 0 bridgehead atoms. The van der Waals surface area contributed by atoms with Gasteiger partial charge in [0.15, 0.2) is 0 Å². The van der Waals surface area contributed by atoms with Crippen molar-refractivity contribution in [2.24, 2.45) is 5.16 Å². The third-order valence-electron chi connectivity index (χ3n) is 3.12. The van der Waals surface area contributed by atoms with Crippen LogP contribution in [0.1, 0.15) is 23.6 Å². The van der Waals surface area contributed by atoms with E-state index in [0.717, 1.165) is 11.1 Å². The Morgan fingerprint density at radius 1 is 1.10 bits per heavy atom. The van der Waals surface area contributed by atoms with Gasteiger partial charge in [0.1, 0.15) is 0 Å². The smallest absolute Gasteiger partial charge is 0.0887 e. The van der Waals surface area contributed by atoms with Crippen LogP contribution in [0.4, 0.5) is 5.69 Å². The summed E-state index contributed by atoms with van der Waals surface area (Å²) in [5, 5.41) is 21.8. The molecule has 0 spiro atoms. The highest BCUT2D eigenvalue weighted by Crippen LogP contribution is 2.20. The molecule has 0 heterocycles. The summed E-state index contributed by atoms with van der Waals surface area (Å²) in [6.45, 7) is 0. The maximum atomic E-state index is 9.32. The molecule has 0 aliphatic carbocycles. The average Bonchev–Trinajstić information content (AvgIpc) is 2.51. The lowest BCUT2D eigenvalue weighted by Gasteiger charge is -2.16. The molecular formula is C15H17N3O2. The molecule has 0 aromatic heterocycles. The minimum atomic E-state index is -0.373. The monoisotopic (exact) mass is 271 g/mol. The van der Waals surface area contributed by atoms with Crippen molar-refractivity contribution in [2.75, 3.05) is 5.73 Å². The minimum Gasteiger partial charge on any atom is -0.411 e. The zero-order chi connectivity index (χ0) is 14.4. The summed E-state index contributed by atoms with van der Waals surface area (Å²) in [6, 6.07) is 16.1. The molecule has 0 amide bonds. The highest BCUT2D eigenvalue weighted by Gasteiger charge is 2.15. The Morgan fingerprint density at radius 3 is 2.30 bits per heavy atom. The number of rotatable bonds is 5. The van der Waals surface area contributed by atoms with Crippen LogP contribution in [0.25, 0.3) is 0 Å². The zero-order valence-electron chi connectivity index (χ0n) is 10.9. The van der Waals surface area contributed by atoms with Crippen molar-refractivity contribution in [3.8, 4) is 0 Å². The van der Waals surface area contributed by atoms with Crippen LogP contribution in [0.15, 0.2) is 59.8 Å². The average molecular weight is 271 g/mol. The molecule has 0 aliphatic rings. The van der Waals surface area contributed by atoms with Crippen LogP contribution < -0.4 is 11.2 Å². The molecule has 20 heavy (non-hydrogen) atoms. The van der Waals surface area contributed by atoms with Gasteiger partial charge >= 0.3 is 0 Å². The second kappa shape index (κ2) is 6.70. The maximum absolute atomic E-state index is 9.32.